The van der Waals surface area contributed by atoms with Crippen LogP contribution >= 0.6 is 24.1 Å². The van der Waals surface area contributed by atoms with Gasteiger partial charge in [0.2, 0.25) is 11.6 Å². The molecule has 0 aliphatic carbocycles. The molecule has 48 heavy (non-hydrogen) atoms. The average Bonchev–Trinajstić information content (AvgIpc) is 3.27. The van der Waals surface area contributed by atoms with Crippen LogP contribution in [0.2, 0.25) is 0 Å². The van der Waals surface area contributed by atoms with Gasteiger partial charge in [-0.1, -0.05) is 46.5 Å². The number of hydrogen-bond acceptors (Lipinski definition) is 11. The van der Waals surface area contributed by atoms with Crippen molar-refractivity contribution >= 4 is 68.0 Å². The summed E-state index contributed by atoms with van der Waals surface area (Å²) in [5.74, 6) is 0.532. The molecule has 256 valence electrons. The highest BCUT2D eigenvalue weighted by Gasteiger charge is 2.46. The molecule has 0 saturated carbocycles. The topological polar surface area (TPSA) is 144 Å². The van der Waals surface area contributed by atoms with Crippen molar-refractivity contribution in [1.29, 1.82) is 0 Å². The Morgan fingerprint density at radius 2 is 1.77 bits per heavy atom. The molecule has 0 saturated heterocycles. The van der Waals surface area contributed by atoms with E-state index in [2.05, 4.69) is 23.9 Å². The number of carbonyl (C=O) groups is 1. The van der Waals surface area contributed by atoms with E-state index >= 15 is 0 Å². The fourth-order valence-electron chi connectivity index (χ4n) is 5.57. The van der Waals surface area contributed by atoms with E-state index in [-0.39, 0.29) is 10.8 Å². The van der Waals surface area contributed by atoms with Gasteiger partial charge < -0.3 is 0 Å². The van der Waals surface area contributed by atoms with Crippen LogP contribution in [-0.4, -0.2) is 53.8 Å². The first kappa shape index (κ1) is 37.5. The molecular formula is C33H37N2O10S3+. The summed E-state index contributed by atoms with van der Waals surface area (Å²) < 4.78 is 47.3. The normalized spacial score (nSPS) is 14.6. The molecule has 1 aliphatic rings. The van der Waals surface area contributed by atoms with Gasteiger partial charge >= 0.3 is 0 Å². The first-order valence-corrected chi connectivity index (χ1v) is 17.8. The fourth-order valence-corrected chi connectivity index (χ4v) is 7.34. The van der Waals surface area contributed by atoms with Crippen LogP contribution in [0.3, 0.4) is 0 Å². The van der Waals surface area contributed by atoms with Gasteiger partial charge in [0, 0.05) is 71.0 Å². The molecule has 3 aromatic carbocycles. The summed E-state index contributed by atoms with van der Waals surface area (Å²) in [5.41, 5.74) is 2.52. The van der Waals surface area contributed by atoms with E-state index in [9.17, 15) is 17.8 Å². The lowest BCUT2D eigenvalue weighted by molar-refractivity contribution is -0.447. The van der Waals surface area contributed by atoms with Crippen LogP contribution in [0.4, 0.5) is 11.4 Å². The summed E-state index contributed by atoms with van der Waals surface area (Å²) in [4.78, 5) is 18.2. The molecule has 15 heteroatoms. The maximum atomic E-state index is 12.7. The first-order chi connectivity index (χ1) is 23.0. The maximum absolute atomic E-state index is 12.7. The van der Waals surface area contributed by atoms with E-state index in [1.807, 2.05) is 74.5 Å². The number of para-hydroxylation sites is 1. The van der Waals surface area contributed by atoms with Crippen molar-refractivity contribution in [3.05, 3.63) is 96.7 Å². The van der Waals surface area contributed by atoms with Gasteiger partial charge in [-0.15, -0.1) is 8.67 Å². The van der Waals surface area contributed by atoms with Crippen LogP contribution in [-0.2, 0) is 44.0 Å². The minimum absolute atomic E-state index is 0.120. The van der Waals surface area contributed by atoms with Crippen molar-refractivity contribution in [2.45, 2.75) is 48.8 Å². The fraction of sp³-hybridized carbons (Fsp3) is 0.273. The molecule has 0 atom stereocenters. The number of allylic oxidation sites excluding steroid dienone is 5. The molecule has 0 spiro atoms. The highest BCUT2D eigenvalue weighted by Crippen LogP contribution is 2.47. The van der Waals surface area contributed by atoms with E-state index < -0.39 is 15.5 Å². The molecule has 0 bridgehead atoms. The average molecular weight is 718 g/mol. The zero-order valence-corrected chi connectivity index (χ0v) is 29.2. The molecule has 1 heterocycles. The molecule has 1 amide bonds. The van der Waals surface area contributed by atoms with Crippen LogP contribution in [0.15, 0.2) is 101 Å². The molecule has 0 fully saturated rings. The Morgan fingerprint density at radius 1 is 1.02 bits per heavy atom. The minimum Gasteiger partial charge on any atom is -0.288 e. The lowest BCUT2D eigenvalue weighted by atomic mass is 9.79. The van der Waals surface area contributed by atoms with Gasteiger partial charge in [0.1, 0.15) is 11.4 Å². The van der Waals surface area contributed by atoms with Gasteiger partial charge in [-0.2, -0.15) is 13.0 Å². The number of fused-ring (bicyclic) bond motifs is 3. The number of anilines is 1. The minimum atomic E-state index is -4.68. The summed E-state index contributed by atoms with van der Waals surface area (Å²) in [7, 11) is -3.33. The summed E-state index contributed by atoms with van der Waals surface area (Å²) in [6, 6.07) is 16.0. The zero-order valence-electron chi connectivity index (χ0n) is 26.8. The van der Waals surface area contributed by atoms with Crippen molar-refractivity contribution in [2.24, 2.45) is 0 Å². The van der Waals surface area contributed by atoms with Crippen LogP contribution < -0.4 is 4.90 Å². The Bertz CT molecular complexity index is 1820. The third-order valence-corrected chi connectivity index (χ3v) is 9.56. The monoisotopic (exact) mass is 717 g/mol. The molecule has 1 aliphatic heterocycles. The molecule has 0 unspecified atom stereocenters. The van der Waals surface area contributed by atoms with E-state index in [4.69, 9.17) is 9.59 Å². The Labute approximate surface area is 288 Å². The van der Waals surface area contributed by atoms with Gasteiger partial charge in [0.15, 0.2) is 5.71 Å². The smallest absolute Gasteiger partial charge is 0.288 e. The zero-order chi connectivity index (χ0) is 34.7. The second-order valence-corrected chi connectivity index (χ2v) is 13.9. The SMILES string of the molecule is COOOSCCCC[N+]1=C(/C=C/C=C/C=C/N(C(C)=O)c2ccccc2)C(C)(C)c2c1ccc1cc(SOOO)cc(S(=O)(=O)O)c21. The van der Waals surface area contributed by atoms with Crippen molar-refractivity contribution in [3.63, 3.8) is 0 Å². The molecule has 4 rings (SSSR count). The lowest BCUT2D eigenvalue weighted by Crippen LogP contribution is -2.28. The number of nitrogens with zero attached hydrogens (tertiary/aromatic N) is 2. The molecule has 0 aromatic heterocycles. The van der Waals surface area contributed by atoms with E-state index in [1.165, 1.54) is 20.1 Å². The number of carbonyl (C=O) groups excluding carboxylic acids is 1. The van der Waals surface area contributed by atoms with Crippen molar-refractivity contribution in [3.8, 4) is 0 Å². The molecular weight excluding hydrogens is 681 g/mol. The third kappa shape index (κ3) is 9.21. The third-order valence-electron chi connectivity index (χ3n) is 7.52. The Kier molecular flexibility index (Phi) is 13.5. The van der Waals surface area contributed by atoms with Gasteiger partial charge in [-0.25, -0.2) is 10.1 Å². The summed E-state index contributed by atoms with van der Waals surface area (Å²) in [6.07, 6.45) is 12.6. The number of rotatable bonds is 17. The van der Waals surface area contributed by atoms with Crippen molar-refractivity contribution < 1.29 is 51.2 Å². The standard InChI is InChI=1S/C33H36N2O10S3/c1-24(36)34(26-14-8-7-9-15-26)19-11-6-5-10-16-30-33(2,3)32-28(35(30)20-12-13-21-46-45-43-41-4)18-17-25-22-27(47-44-42-37)23-29(31(25)32)48(38,39)40/h5-11,14-19,22-23H,12-13,20-21H2,1-4H3,(H-,37,38,39,40)/p+1. The maximum Gasteiger partial charge on any atom is 0.295 e. The van der Waals surface area contributed by atoms with Crippen LogP contribution in [0, 0.1) is 0 Å². The molecule has 0 radical (unpaired) electrons. The number of hydrogen-bond donors (Lipinski definition) is 2. The number of unbranched alkanes of at least 4 members (excludes halogenated alkanes) is 1. The van der Waals surface area contributed by atoms with E-state index in [0.717, 1.165) is 47.5 Å². The first-order valence-electron chi connectivity index (χ1n) is 14.7. The van der Waals surface area contributed by atoms with E-state index in [0.29, 0.717) is 40.0 Å². The molecule has 3 aromatic rings. The van der Waals surface area contributed by atoms with E-state index in [1.54, 1.807) is 29.3 Å². The molecule has 2 N–H and O–H groups in total. The molecule has 12 nitrogen and oxygen atoms in total. The predicted molar refractivity (Wildman–Crippen MR) is 185 cm³/mol. The van der Waals surface area contributed by atoms with Crippen molar-refractivity contribution in [2.75, 3.05) is 24.3 Å². The lowest BCUT2D eigenvalue weighted by Gasteiger charge is -2.19. The van der Waals surface area contributed by atoms with Crippen LogP contribution in [0.25, 0.3) is 10.8 Å². The summed E-state index contributed by atoms with van der Waals surface area (Å²) in [5, 5.41) is 17.7. The Morgan fingerprint density at radius 3 is 2.46 bits per heavy atom. The number of amides is 1. The largest absolute Gasteiger partial charge is 0.295 e. The summed E-state index contributed by atoms with van der Waals surface area (Å²) >= 11 is 1.73. The van der Waals surface area contributed by atoms with Crippen LogP contribution in [0.1, 0.15) is 39.2 Å². The highest BCUT2D eigenvalue weighted by atomic mass is 32.2. The van der Waals surface area contributed by atoms with Gasteiger partial charge in [-0.3, -0.25) is 14.2 Å². The van der Waals surface area contributed by atoms with Crippen LogP contribution in [0.5, 0.6) is 0 Å². The Balaban J connectivity index is 1.71. The predicted octanol–water partition coefficient (Wildman–Crippen LogP) is 7.51. The Hall–Kier alpha value is -3.35. The van der Waals surface area contributed by atoms with Crippen molar-refractivity contribution in [1.82, 2.24) is 0 Å². The van der Waals surface area contributed by atoms with Gasteiger partial charge in [0.05, 0.1) is 24.6 Å². The summed E-state index contributed by atoms with van der Waals surface area (Å²) in [6.45, 7) is 6.12. The quantitative estimate of drug-likeness (QED) is 0.0271. The van der Waals surface area contributed by atoms with Gasteiger partial charge in [-0.05, 0) is 62.1 Å². The highest BCUT2D eigenvalue weighted by molar-refractivity contribution is 7.94. The van der Waals surface area contributed by atoms with Gasteiger partial charge in [0.25, 0.3) is 10.1 Å². The second kappa shape index (κ2) is 17.3. The second-order valence-electron chi connectivity index (χ2n) is 11.0. The number of benzene rings is 3.